The predicted octanol–water partition coefficient (Wildman–Crippen LogP) is 2.69. The Balaban J connectivity index is 2.72. The number of halogens is 1. The van der Waals surface area contributed by atoms with E-state index in [1.807, 2.05) is 18.2 Å². The summed E-state index contributed by atoms with van der Waals surface area (Å²) in [4.78, 5) is 0. The lowest BCUT2D eigenvalue weighted by molar-refractivity contribution is 0.859. The molecular weight excluding hydrogens is 158 g/mol. The van der Waals surface area contributed by atoms with E-state index in [9.17, 15) is 0 Å². The SMILES string of the molecule is NC1=C/C=C(/Cl)CCCC=C1. The maximum absolute atomic E-state index is 5.86. The van der Waals surface area contributed by atoms with Crippen LogP contribution in [0.25, 0.3) is 0 Å². The zero-order valence-corrected chi connectivity index (χ0v) is 7.14. The summed E-state index contributed by atoms with van der Waals surface area (Å²) < 4.78 is 0. The Morgan fingerprint density at radius 2 is 2.18 bits per heavy atom. The van der Waals surface area contributed by atoms with Gasteiger partial charge in [-0.15, -0.1) is 0 Å². The van der Waals surface area contributed by atoms with Crippen molar-refractivity contribution in [1.29, 1.82) is 0 Å². The lowest BCUT2D eigenvalue weighted by atomic mass is 10.2. The second kappa shape index (κ2) is 4.24. The van der Waals surface area contributed by atoms with Gasteiger partial charge in [0.1, 0.15) is 0 Å². The normalized spacial score (nSPS) is 24.1. The van der Waals surface area contributed by atoms with Crippen LogP contribution in [0.3, 0.4) is 0 Å². The fourth-order valence-electron chi connectivity index (χ4n) is 0.934. The Hall–Kier alpha value is -0.690. The molecule has 1 aliphatic rings. The van der Waals surface area contributed by atoms with Crippen LogP contribution in [0.5, 0.6) is 0 Å². The highest BCUT2D eigenvalue weighted by Gasteiger charge is 1.93. The molecule has 0 radical (unpaired) electrons. The lowest BCUT2D eigenvalue weighted by Crippen LogP contribution is -1.90. The van der Waals surface area contributed by atoms with Crippen LogP contribution in [0.15, 0.2) is 35.0 Å². The van der Waals surface area contributed by atoms with Crippen molar-refractivity contribution in [3.05, 3.63) is 35.0 Å². The Morgan fingerprint density at radius 3 is 3.00 bits per heavy atom. The van der Waals surface area contributed by atoms with Gasteiger partial charge in [-0.25, -0.2) is 0 Å². The van der Waals surface area contributed by atoms with Gasteiger partial charge in [0.15, 0.2) is 0 Å². The van der Waals surface area contributed by atoms with Crippen LogP contribution >= 0.6 is 11.6 Å². The van der Waals surface area contributed by atoms with E-state index in [0.29, 0.717) is 0 Å². The number of rotatable bonds is 0. The highest BCUT2D eigenvalue weighted by Crippen LogP contribution is 2.14. The standard InChI is InChI=1S/C9H12ClN/c10-8-4-2-1-3-5-9(11)7-6-8/h3,5-7H,1-2,4,11H2/b5-3?,8-6+,9-7?. The second-order valence-electron chi connectivity index (χ2n) is 2.57. The van der Waals surface area contributed by atoms with E-state index in [1.165, 1.54) is 0 Å². The smallest absolute Gasteiger partial charge is 0.0311 e. The zero-order valence-electron chi connectivity index (χ0n) is 6.39. The molecule has 0 heterocycles. The van der Waals surface area contributed by atoms with Gasteiger partial charge in [0.2, 0.25) is 0 Å². The predicted molar refractivity (Wildman–Crippen MR) is 49.2 cm³/mol. The van der Waals surface area contributed by atoms with Crippen LogP contribution in [-0.4, -0.2) is 0 Å². The largest absolute Gasteiger partial charge is 0.399 e. The van der Waals surface area contributed by atoms with Crippen molar-refractivity contribution < 1.29 is 0 Å². The fourth-order valence-corrected chi connectivity index (χ4v) is 1.13. The average Bonchev–Trinajstić information content (AvgIpc) is 2.06. The van der Waals surface area contributed by atoms with E-state index in [0.717, 1.165) is 30.0 Å². The van der Waals surface area contributed by atoms with Crippen molar-refractivity contribution in [3.8, 4) is 0 Å². The number of allylic oxidation sites excluding steroid dienone is 5. The summed E-state index contributed by atoms with van der Waals surface area (Å²) in [6.07, 6.45) is 10.8. The number of hydrogen-bond donors (Lipinski definition) is 1. The van der Waals surface area contributed by atoms with E-state index in [1.54, 1.807) is 0 Å². The summed E-state index contributed by atoms with van der Waals surface area (Å²) in [5.74, 6) is 0. The van der Waals surface area contributed by atoms with Gasteiger partial charge in [-0.3, -0.25) is 0 Å². The summed E-state index contributed by atoms with van der Waals surface area (Å²) in [6, 6.07) is 0. The first-order valence-electron chi connectivity index (χ1n) is 3.77. The van der Waals surface area contributed by atoms with E-state index >= 15 is 0 Å². The highest BCUT2D eigenvalue weighted by atomic mass is 35.5. The minimum Gasteiger partial charge on any atom is -0.399 e. The van der Waals surface area contributed by atoms with Gasteiger partial charge in [-0.1, -0.05) is 17.7 Å². The quantitative estimate of drug-likeness (QED) is 0.593. The molecule has 0 atom stereocenters. The van der Waals surface area contributed by atoms with E-state index < -0.39 is 0 Å². The molecule has 60 valence electrons. The molecule has 0 saturated carbocycles. The van der Waals surface area contributed by atoms with E-state index in [-0.39, 0.29) is 0 Å². The minimum atomic E-state index is 0.769. The Kier molecular flexibility index (Phi) is 3.24. The van der Waals surface area contributed by atoms with Gasteiger partial charge in [-0.05, 0) is 37.5 Å². The second-order valence-corrected chi connectivity index (χ2v) is 3.06. The van der Waals surface area contributed by atoms with Crippen LogP contribution in [0.1, 0.15) is 19.3 Å². The van der Waals surface area contributed by atoms with Crippen LogP contribution in [0.2, 0.25) is 0 Å². The molecule has 0 aromatic carbocycles. The molecule has 2 N–H and O–H groups in total. The van der Waals surface area contributed by atoms with Gasteiger partial charge in [0.05, 0.1) is 0 Å². The van der Waals surface area contributed by atoms with Crippen molar-refractivity contribution in [2.75, 3.05) is 0 Å². The van der Waals surface area contributed by atoms with Crippen molar-refractivity contribution >= 4 is 11.6 Å². The van der Waals surface area contributed by atoms with Gasteiger partial charge in [0.25, 0.3) is 0 Å². The number of hydrogen-bond acceptors (Lipinski definition) is 1. The molecule has 0 aromatic heterocycles. The lowest BCUT2D eigenvalue weighted by Gasteiger charge is -1.92. The maximum atomic E-state index is 5.86. The first-order chi connectivity index (χ1) is 5.29. The Labute approximate surface area is 72.2 Å². The third-order valence-electron chi connectivity index (χ3n) is 1.55. The Morgan fingerprint density at radius 1 is 1.36 bits per heavy atom. The first-order valence-corrected chi connectivity index (χ1v) is 4.15. The molecular formula is C9H12ClN. The third-order valence-corrected chi connectivity index (χ3v) is 1.87. The number of nitrogens with two attached hydrogens (primary N) is 1. The molecule has 0 bridgehead atoms. The Bertz CT molecular complexity index is 214. The fraction of sp³-hybridized carbons (Fsp3) is 0.333. The molecule has 1 rings (SSSR count). The molecule has 2 heteroatoms. The van der Waals surface area contributed by atoms with Gasteiger partial charge >= 0.3 is 0 Å². The van der Waals surface area contributed by atoms with Gasteiger partial charge in [-0.2, -0.15) is 0 Å². The van der Waals surface area contributed by atoms with Gasteiger partial charge < -0.3 is 5.73 Å². The summed E-state index contributed by atoms with van der Waals surface area (Å²) in [7, 11) is 0. The van der Waals surface area contributed by atoms with Crippen molar-refractivity contribution in [3.63, 3.8) is 0 Å². The maximum Gasteiger partial charge on any atom is 0.0311 e. The molecule has 0 unspecified atom stereocenters. The molecule has 0 spiro atoms. The molecule has 0 aromatic rings. The summed E-state index contributed by atoms with van der Waals surface area (Å²) in [6.45, 7) is 0. The minimum absolute atomic E-state index is 0.769. The first kappa shape index (κ1) is 8.41. The highest BCUT2D eigenvalue weighted by molar-refractivity contribution is 6.29. The molecule has 0 saturated heterocycles. The third kappa shape index (κ3) is 3.28. The average molecular weight is 170 g/mol. The summed E-state index contributed by atoms with van der Waals surface area (Å²) in [5.41, 5.74) is 6.38. The molecule has 0 aliphatic heterocycles. The summed E-state index contributed by atoms with van der Waals surface area (Å²) >= 11 is 5.86. The molecule has 1 aliphatic carbocycles. The molecule has 0 fully saturated rings. The molecule has 0 amide bonds. The topological polar surface area (TPSA) is 26.0 Å². The van der Waals surface area contributed by atoms with Gasteiger partial charge in [0, 0.05) is 10.7 Å². The van der Waals surface area contributed by atoms with Crippen LogP contribution in [0, 0.1) is 0 Å². The van der Waals surface area contributed by atoms with Crippen molar-refractivity contribution in [2.24, 2.45) is 5.73 Å². The van der Waals surface area contributed by atoms with Crippen LogP contribution in [-0.2, 0) is 0 Å². The molecule has 1 nitrogen and oxygen atoms in total. The molecule has 11 heavy (non-hydrogen) atoms. The van der Waals surface area contributed by atoms with Crippen molar-refractivity contribution in [1.82, 2.24) is 0 Å². The van der Waals surface area contributed by atoms with Crippen LogP contribution in [0.4, 0.5) is 0 Å². The monoisotopic (exact) mass is 169 g/mol. The summed E-state index contributed by atoms with van der Waals surface area (Å²) in [5, 5.41) is 0.886. The van der Waals surface area contributed by atoms with Crippen molar-refractivity contribution in [2.45, 2.75) is 19.3 Å². The zero-order chi connectivity index (χ0) is 8.10. The van der Waals surface area contributed by atoms with Crippen LogP contribution < -0.4 is 5.73 Å². The van der Waals surface area contributed by atoms with E-state index in [4.69, 9.17) is 17.3 Å². The van der Waals surface area contributed by atoms with E-state index in [2.05, 4.69) is 6.08 Å².